The molecule has 9 heteroatoms. The minimum Gasteiger partial charge on any atom is -0.497 e. The van der Waals surface area contributed by atoms with E-state index >= 15 is 0 Å². The van der Waals surface area contributed by atoms with Crippen LogP contribution in [0.15, 0.2) is 48.5 Å². The number of likely N-dealkylation sites (N-methyl/N-ethyl adjacent to an activating group) is 1. The molecule has 1 saturated heterocycles. The van der Waals surface area contributed by atoms with Gasteiger partial charge in [-0.25, -0.2) is 0 Å². The van der Waals surface area contributed by atoms with Gasteiger partial charge in [-0.3, -0.25) is 14.4 Å². The van der Waals surface area contributed by atoms with Crippen molar-refractivity contribution in [1.82, 2.24) is 14.7 Å². The Morgan fingerprint density at radius 2 is 1.73 bits per heavy atom. The van der Waals surface area contributed by atoms with E-state index in [1.54, 1.807) is 28.0 Å². The number of benzene rings is 2. The van der Waals surface area contributed by atoms with Crippen LogP contribution in [0.2, 0.25) is 0 Å². The zero-order chi connectivity index (χ0) is 26.8. The van der Waals surface area contributed by atoms with Gasteiger partial charge in [-0.15, -0.1) is 0 Å². The lowest BCUT2D eigenvalue weighted by molar-refractivity contribution is -0.138. The molecule has 1 fully saturated rings. The zero-order valence-electron chi connectivity index (χ0n) is 22.1. The Balaban J connectivity index is 1.82. The summed E-state index contributed by atoms with van der Waals surface area (Å²) in [6.45, 7) is 5.73. The summed E-state index contributed by atoms with van der Waals surface area (Å²) < 4.78 is 16.7. The maximum Gasteiger partial charge on any atom is 0.258 e. The van der Waals surface area contributed by atoms with Gasteiger partial charge in [-0.05, 0) is 44.0 Å². The molecule has 0 N–H and O–H groups in total. The van der Waals surface area contributed by atoms with Gasteiger partial charge in [-0.2, -0.15) is 0 Å². The van der Waals surface area contributed by atoms with E-state index in [0.717, 1.165) is 5.56 Å². The lowest BCUT2D eigenvalue weighted by Gasteiger charge is -2.26. The van der Waals surface area contributed by atoms with Crippen molar-refractivity contribution in [3.05, 3.63) is 59.7 Å². The lowest BCUT2D eigenvalue weighted by Crippen LogP contribution is -2.41. The Morgan fingerprint density at radius 1 is 1.00 bits per heavy atom. The molecule has 0 radical (unpaired) electrons. The number of amides is 3. The van der Waals surface area contributed by atoms with E-state index in [1.165, 1.54) is 19.1 Å². The van der Waals surface area contributed by atoms with E-state index in [4.69, 9.17) is 14.2 Å². The van der Waals surface area contributed by atoms with Crippen LogP contribution in [0, 0.1) is 0 Å². The topological polar surface area (TPSA) is 88.6 Å². The second-order valence-corrected chi connectivity index (χ2v) is 8.83. The number of carbonyl (C=O) groups is 3. The first-order chi connectivity index (χ1) is 17.9. The third-order valence-corrected chi connectivity index (χ3v) is 6.52. The molecule has 200 valence electrons. The van der Waals surface area contributed by atoms with E-state index in [0.29, 0.717) is 43.1 Å². The van der Waals surface area contributed by atoms with Gasteiger partial charge in [0.1, 0.15) is 24.7 Å². The summed E-state index contributed by atoms with van der Waals surface area (Å²) in [5.41, 5.74) is 1.41. The molecule has 1 heterocycles. The summed E-state index contributed by atoms with van der Waals surface area (Å²) in [5, 5.41) is 0. The molecule has 37 heavy (non-hydrogen) atoms. The third kappa shape index (κ3) is 7.45. The van der Waals surface area contributed by atoms with Crippen molar-refractivity contribution in [2.24, 2.45) is 0 Å². The van der Waals surface area contributed by atoms with Crippen molar-refractivity contribution in [2.75, 3.05) is 60.1 Å². The van der Waals surface area contributed by atoms with Gasteiger partial charge < -0.3 is 28.9 Å². The van der Waals surface area contributed by atoms with Gasteiger partial charge in [0.05, 0.1) is 25.9 Å². The van der Waals surface area contributed by atoms with Crippen LogP contribution >= 0.6 is 0 Å². The van der Waals surface area contributed by atoms with E-state index < -0.39 is 6.10 Å². The first kappa shape index (κ1) is 28.0. The van der Waals surface area contributed by atoms with Crippen molar-refractivity contribution >= 4 is 17.7 Å². The number of ether oxygens (including phenoxy) is 3. The molecule has 0 bridgehead atoms. The standard InChI is InChI=1S/C28H37N3O6/c1-5-29(6-2)27(33)20-37-23-17-30(15-14-21-10-8-7-9-11-21)26(32)19-31(18-23)28(34)24-16-22(35-3)12-13-25(24)36-4/h7-13,16,23H,5-6,14-15,17-20H2,1-4H3/t23-/m1/s1. The van der Waals surface area contributed by atoms with Crippen LogP contribution in [0.4, 0.5) is 0 Å². The normalized spacial score (nSPS) is 15.8. The van der Waals surface area contributed by atoms with Crippen molar-refractivity contribution in [3.8, 4) is 11.5 Å². The number of methoxy groups -OCH3 is 2. The average Bonchev–Trinajstić information content (AvgIpc) is 3.09. The molecule has 0 aliphatic carbocycles. The summed E-state index contributed by atoms with van der Waals surface area (Å²) in [7, 11) is 3.01. The third-order valence-electron chi connectivity index (χ3n) is 6.52. The molecule has 9 nitrogen and oxygen atoms in total. The van der Waals surface area contributed by atoms with Crippen LogP contribution < -0.4 is 9.47 Å². The maximum absolute atomic E-state index is 13.6. The highest BCUT2D eigenvalue weighted by molar-refractivity contribution is 5.99. The predicted octanol–water partition coefficient (Wildman–Crippen LogP) is 2.48. The highest BCUT2D eigenvalue weighted by atomic mass is 16.5. The van der Waals surface area contributed by atoms with Crippen LogP contribution in [0.5, 0.6) is 11.5 Å². The quantitative estimate of drug-likeness (QED) is 0.461. The Morgan fingerprint density at radius 3 is 2.38 bits per heavy atom. The fourth-order valence-electron chi connectivity index (χ4n) is 4.37. The molecule has 1 aliphatic rings. The van der Waals surface area contributed by atoms with Gasteiger partial charge >= 0.3 is 0 Å². The first-order valence-corrected chi connectivity index (χ1v) is 12.6. The highest BCUT2D eigenvalue weighted by Gasteiger charge is 2.33. The van der Waals surface area contributed by atoms with Gasteiger partial charge in [0.2, 0.25) is 11.8 Å². The Labute approximate surface area is 218 Å². The highest BCUT2D eigenvalue weighted by Crippen LogP contribution is 2.26. The minimum absolute atomic E-state index is 0.0994. The smallest absolute Gasteiger partial charge is 0.258 e. The van der Waals surface area contributed by atoms with Gasteiger partial charge in [0.25, 0.3) is 5.91 Å². The summed E-state index contributed by atoms with van der Waals surface area (Å²) in [6.07, 6.45) is 0.150. The average molecular weight is 512 g/mol. The van der Waals surface area contributed by atoms with Gasteiger partial charge in [0.15, 0.2) is 0 Å². The largest absolute Gasteiger partial charge is 0.497 e. The molecule has 1 atom stereocenters. The van der Waals surface area contributed by atoms with Gasteiger partial charge in [0, 0.05) is 32.7 Å². The molecule has 0 unspecified atom stereocenters. The van der Waals surface area contributed by atoms with Crippen molar-refractivity contribution in [1.29, 1.82) is 0 Å². The van der Waals surface area contributed by atoms with Gasteiger partial charge in [-0.1, -0.05) is 30.3 Å². The minimum atomic E-state index is -0.526. The molecule has 2 aromatic carbocycles. The fourth-order valence-corrected chi connectivity index (χ4v) is 4.37. The summed E-state index contributed by atoms with van der Waals surface area (Å²) in [6, 6.07) is 14.9. The molecular formula is C28H37N3O6. The molecular weight excluding hydrogens is 474 g/mol. The number of carbonyl (C=O) groups excluding carboxylic acids is 3. The summed E-state index contributed by atoms with van der Waals surface area (Å²) in [4.78, 5) is 44.4. The monoisotopic (exact) mass is 511 g/mol. The van der Waals surface area contributed by atoms with E-state index in [-0.39, 0.29) is 44.0 Å². The number of nitrogens with zero attached hydrogens (tertiary/aromatic N) is 3. The van der Waals surface area contributed by atoms with Crippen molar-refractivity contribution in [2.45, 2.75) is 26.4 Å². The molecule has 0 aromatic heterocycles. The fraction of sp³-hybridized carbons (Fsp3) is 0.464. The van der Waals surface area contributed by atoms with E-state index in [9.17, 15) is 14.4 Å². The van der Waals surface area contributed by atoms with Crippen LogP contribution in [-0.4, -0.2) is 98.6 Å². The Hall–Kier alpha value is -3.59. The number of hydrogen-bond donors (Lipinski definition) is 0. The molecule has 0 spiro atoms. The lowest BCUT2D eigenvalue weighted by atomic mass is 10.1. The first-order valence-electron chi connectivity index (χ1n) is 12.6. The van der Waals surface area contributed by atoms with E-state index in [1.807, 2.05) is 44.2 Å². The summed E-state index contributed by atoms with van der Waals surface area (Å²) >= 11 is 0. The number of rotatable bonds is 11. The second-order valence-electron chi connectivity index (χ2n) is 8.83. The van der Waals surface area contributed by atoms with Crippen molar-refractivity contribution < 1.29 is 28.6 Å². The van der Waals surface area contributed by atoms with Crippen molar-refractivity contribution in [3.63, 3.8) is 0 Å². The van der Waals surface area contributed by atoms with Crippen LogP contribution in [0.1, 0.15) is 29.8 Å². The SMILES string of the molecule is CCN(CC)C(=O)CO[C@@H]1CN(CCc2ccccc2)C(=O)CN(C(=O)c2cc(OC)ccc2OC)C1. The Bertz CT molecular complexity index is 1060. The number of hydrogen-bond acceptors (Lipinski definition) is 6. The second kappa shape index (κ2) is 13.6. The molecule has 0 saturated carbocycles. The zero-order valence-corrected chi connectivity index (χ0v) is 22.1. The predicted molar refractivity (Wildman–Crippen MR) is 140 cm³/mol. The van der Waals surface area contributed by atoms with E-state index in [2.05, 4.69) is 0 Å². The molecule has 1 aliphatic heterocycles. The van der Waals surface area contributed by atoms with Crippen LogP contribution in [0.3, 0.4) is 0 Å². The van der Waals surface area contributed by atoms with Crippen LogP contribution in [-0.2, 0) is 20.7 Å². The van der Waals surface area contributed by atoms with Crippen LogP contribution in [0.25, 0.3) is 0 Å². The summed E-state index contributed by atoms with van der Waals surface area (Å²) in [5.74, 6) is 0.235. The maximum atomic E-state index is 13.6. The molecule has 3 amide bonds. The Kier molecular flexibility index (Phi) is 10.3. The molecule has 2 aromatic rings. The molecule has 3 rings (SSSR count).